The van der Waals surface area contributed by atoms with Crippen molar-refractivity contribution in [2.45, 2.75) is 296 Å². The largest absolute Gasteiger partial charge is 0.477 e. The van der Waals surface area contributed by atoms with Crippen molar-refractivity contribution in [3.8, 4) is 0 Å². The van der Waals surface area contributed by atoms with Crippen LogP contribution in [-0.4, -0.2) is 87.4 Å². The predicted octanol–water partition coefficient (Wildman–Crippen LogP) is 22.1. The number of allylic oxidation sites excluding steroid dienone is 22. The Balaban J connectivity index is 4.24. The molecule has 0 spiro atoms. The zero-order chi connectivity index (χ0) is 63.3. The first kappa shape index (κ1) is 82.4. The van der Waals surface area contributed by atoms with E-state index in [1.807, 2.05) is 21.1 Å². The van der Waals surface area contributed by atoms with Gasteiger partial charge in [0.15, 0.2) is 6.10 Å². The van der Waals surface area contributed by atoms with Crippen molar-refractivity contribution in [1.29, 1.82) is 0 Å². The Morgan fingerprint density at radius 3 is 1.01 bits per heavy atom. The zero-order valence-electron chi connectivity index (χ0n) is 56.6. The number of carboxylic acids is 1. The maximum absolute atomic E-state index is 12.9. The molecule has 0 aromatic heterocycles. The Morgan fingerprint density at radius 1 is 0.356 bits per heavy atom. The van der Waals surface area contributed by atoms with E-state index in [9.17, 15) is 19.5 Å². The molecule has 87 heavy (non-hydrogen) atoms. The average Bonchev–Trinajstić information content (AvgIpc) is 3.59. The van der Waals surface area contributed by atoms with Gasteiger partial charge in [0, 0.05) is 12.8 Å². The normalized spacial score (nSPS) is 13.5. The maximum atomic E-state index is 12.9. The van der Waals surface area contributed by atoms with Gasteiger partial charge in [-0.1, -0.05) is 289 Å². The van der Waals surface area contributed by atoms with Crippen LogP contribution in [0, 0.1) is 0 Å². The lowest BCUT2D eigenvalue weighted by Gasteiger charge is -2.25. The predicted molar refractivity (Wildman–Crippen MR) is 373 cm³/mol. The van der Waals surface area contributed by atoms with Crippen LogP contribution < -0.4 is 0 Å². The molecule has 0 radical (unpaired) electrons. The lowest BCUT2D eigenvalue weighted by atomic mass is 10.0. The molecule has 0 fully saturated rings. The van der Waals surface area contributed by atoms with Crippen molar-refractivity contribution in [2.75, 3.05) is 47.5 Å². The van der Waals surface area contributed by atoms with E-state index in [-0.39, 0.29) is 38.6 Å². The standard InChI is InChI=1S/C78H131NO8/c1-6-8-10-12-14-16-18-20-22-24-26-28-30-32-34-36-37-38-39-41-43-45-47-49-51-53-55-57-59-61-63-65-67-69-76(81)87-74(73-86-78(77(82)83)84-71-70-79(3,4)5)72-85-75(80)68-66-64-62-60-58-56-54-52-50-48-46-44-42-40-35-33-31-29-27-25-23-21-19-17-15-13-11-9-7-2/h8,10,14,16,20,22,25-28,32,34,37-38,41,43,47,49,53,55,59,61,74,78H,6-7,9,11-13,15,17-19,21,23-24,29-31,33,35-36,39-40,42,44-46,48,50-52,54,56-58,60,62-73H2,1-5H3/p+1/b10-8-,16-14-,22-20-,27-25-,28-26-,34-32-,38-37-,43-41-,49-47-,55-53-,61-59-. The van der Waals surface area contributed by atoms with Gasteiger partial charge in [0.2, 0.25) is 0 Å². The summed E-state index contributed by atoms with van der Waals surface area (Å²) in [5.74, 6) is -2.07. The van der Waals surface area contributed by atoms with Crippen molar-refractivity contribution in [1.82, 2.24) is 0 Å². The highest BCUT2D eigenvalue weighted by Crippen LogP contribution is 2.17. The van der Waals surface area contributed by atoms with Crippen LogP contribution in [-0.2, 0) is 33.3 Å². The summed E-state index contributed by atoms with van der Waals surface area (Å²) in [4.78, 5) is 37.6. The molecule has 0 heterocycles. The summed E-state index contributed by atoms with van der Waals surface area (Å²) in [5.41, 5.74) is 0. The number of quaternary nitrogens is 1. The highest BCUT2D eigenvalue weighted by molar-refractivity contribution is 5.71. The van der Waals surface area contributed by atoms with Gasteiger partial charge >= 0.3 is 17.9 Å². The van der Waals surface area contributed by atoms with E-state index in [4.69, 9.17) is 18.9 Å². The molecule has 0 saturated heterocycles. The Kier molecular flexibility index (Phi) is 63.8. The van der Waals surface area contributed by atoms with Crippen LogP contribution in [0.15, 0.2) is 134 Å². The lowest BCUT2D eigenvalue weighted by Crippen LogP contribution is -2.40. The van der Waals surface area contributed by atoms with E-state index in [1.54, 1.807) is 0 Å². The van der Waals surface area contributed by atoms with E-state index in [2.05, 4.69) is 148 Å². The first-order chi connectivity index (χ1) is 42.6. The number of carboxylic acid groups (broad SMARTS) is 1. The molecule has 0 amide bonds. The number of unbranched alkanes of at least 4 members (excludes halogenated alkanes) is 27. The summed E-state index contributed by atoms with van der Waals surface area (Å²) in [6.07, 6.45) is 94.3. The van der Waals surface area contributed by atoms with Gasteiger partial charge in [-0.05, 0) is 116 Å². The number of esters is 2. The fraction of sp³-hybridized carbons (Fsp3) is 0.679. The molecule has 496 valence electrons. The monoisotopic (exact) mass is 1210 g/mol. The van der Waals surface area contributed by atoms with Gasteiger partial charge in [-0.25, -0.2) is 4.79 Å². The molecule has 0 saturated carbocycles. The molecule has 0 aromatic rings. The molecule has 2 atom stereocenters. The molecule has 0 aliphatic carbocycles. The minimum Gasteiger partial charge on any atom is -0.477 e. The highest BCUT2D eigenvalue weighted by atomic mass is 16.7. The Bertz CT molecular complexity index is 1890. The molecule has 0 aromatic carbocycles. The smallest absolute Gasteiger partial charge is 0.361 e. The van der Waals surface area contributed by atoms with Crippen LogP contribution in [0.1, 0.15) is 284 Å². The minimum atomic E-state index is -1.53. The summed E-state index contributed by atoms with van der Waals surface area (Å²) in [6, 6.07) is 0. The third-order valence-electron chi connectivity index (χ3n) is 14.9. The van der Waals surface area contributed by atoms with Gasteiger partial charge in [-0.15, -0.1) is 0 Å². The second-order valence-corrected chi connectivity index (χ2v) is 24.5. The van der Waals surface area contributed by atoms with Gasteiger partial charge in [-0.3, -0.25) is 9.59 Å². The number of rotatable bonds is 64. The van der Waals surface area contributed by atoms with Gasteiger partial charge in [0.05, 0.1) is 34.4 Å². The second-order valence-electron chi connectivity index (χ2n) is 24.5. The number of hydrogen-bond acceptors (Lipinski definition) is 7. The first-order valence-corrected chi connectivity index (χ1v) is 35.3. The Hall–Kier alpha value is -4.57. The van der Waals surface area contributed by atoms with Crippen molar-refractivity contribution in [3.63, 3.8) is 0 Å². The average molecular weight is 1210 g/mol. The van der Waals surface area contributed by atoms with Crippen LogP contribution >= 0.6 is 0 Å². The summed E-state index contributed by atoms with van der Waals surface area (Å²) < 4.78 is 22.9. The third kappa shape index (κ3) is 68.8. The third-order valence-corrected chi connectivity index (χ3v) is 14.9. The van der Waals surface area contributed by atoms with E-state index in [0.717, 1.165) is 96.3 Å². The molecule has 0 bridgehead atoms. The number of carbonyl (C=O) groups excluding carboxylic acids is 2. The minimum absolute atomic E-state index is 0.173. The van der Waals surface area contributed by atoms with Gasteiger partial charge in [0.1, 0.15) is 13.2 Å². The molecule has 0 rings (SSSR count). The van der Waals surface area contributed by atoms with Crippen LogP contribution in [0.3, 0.4) is 0 Å². The number of likely N-dealkylation sites (N-methyl/N-ethyl adjacent to an activating group) is 1. The molecular weight excluding hydrogens is 1080 g/mol. The topological polar surface area (TPSA) is 108 Å². The summed E-state index contributed by atoms with van der Waals surface area (Å²) in [7, 11) is 5.96. The number of aliphatic carboxylic acids is 1. The summed E-state index contributed by atoms with van der Waals surface area (Å²) >= 11 is 0. The SMILES string of the molecule is CC/C=C\C/C=C\C/C=C\C/C=C\C/C=C\C/C=C\C/C=C\C/C=C\C/C=C\C/C=C\CCCCC(=O)OC(COC(=O)CCCCCCCCCCCCCCCCCCC/C=C\CCCCCCCCCC)COC(OCC[N+](C)(C)C)C(=O)O. The number of carbonyl (C=O) groups is 3. The maximum Gasteiger partial charge on any atom is 0.361 e. The highest BCUT2D eigenvalue weighted by Gasteiger charge is 2.25. The van der Waals surface area contributed by atoms with Gasteiger partial charge in [0.25, 0.3) is 6.29 Å². The van der Waals surface area contributed by atoms with E-state index in [0.29, 0.717) is 17.4 Å². The summed E-state index contributed by atoms with van der Waals surface area (Å²) in [6.45, 7) is 4.72. The molecule has 0 aliphatic heterocycles. The Labute approximate surface area is 535 Å². The fourth-order valence-electron chi connectivity index (χ4n) is 9.51. The molecule has 9 nitrogen and oxygen atoms in total. The quantitative estimate of drug-likeness (QED) is 0.0211. The zero-order valence-corrected chi connectivity index (χ0v) is 56.6. The summed E-state index contributed by atoms with van der Waals surface area (Å²) in [5, 5.41) is 9.74. The van der Waals surface area contributed by atoms with Gasteiger partial charge in [-0.2, -0.15) is 0 Å². The molecular formula is C78H132NO8+. The van der Waals surface area contributed by atoms with Crippen molar-refractivity contribution in [3.05, 3.63) is 134 Å². The van der Waals surface area contributed by atoms with Crippen molar-refractivity contribution >= 4 is 17.9 Å². The van der Waals surface area contributed by atoms with Crippen molar-refractivity contribution in [2.24, 2.45) is 0 Å². The van der Waals surface area contributed by atoms with Gasteiger partial charge < -0.3 is 28.5 Å². The van der Waals surface area contributed by atoms with E-state index in [1.165, 1.54) is 154 Å². The first-order valence-electron chi connectivity index (χ1n) is 35.3. The lowest BCUT2D eigenvalue weighted by molar-refractivity contribution is -0.870. The fourth-order valence-corrected chi connectivity index (χ4v) is 9.51. The molecule has 9 heteroatoms. The Morgan fingerprint density at radius 2 is 0.655 bits per heavy atom. The number of hydrogen-bond donors (Lipinski definition) is 1. The van der Waals surface area contributed by atoms with Crippen molar-refractivity contribution < 1.29 is 42.9 Å². The van der Waals surface area contributed by atoms with Crippen LogP contribution in [0.5, 0.6) is 0 Å². The van der Waals surface area contributed by atoms with Crippen LogP contribution in [0.25, 0.3) is 0 Å². The molecule has 1 N–H and O–H groups in total. The molecule has 2 unspecified atom stereocenters. The molecule has 0 aliphatic rings. The van der Waals surface area contributed by atoms with Crippen LogP contribution in [0.4, 0.5) is 0 Å². The van der Waals surface area contributed by atoms with E-state index >= 15 is 0 Å². The second kappa shape index (κ2) is 67.4. The van der Waals surface area contributed by atoms with E-state index < -0.39 is 24.3 Å². The number of nitrogens with zero attached hydrogens (tertiary/aromatic N) is 1. The van der Waals surface area contributed by atoms with Crippen LogP contribution in [0.2, 0.25) is 0 Å². The number of ether oxygens (including phenoxy) is 4.